The van der Waals surface area contributed by atoms with Gasteiger partial charge in [-0.15, -0.1) is 0 Å². The Bertz CT molecular complexity index is 458. The minimum atomic E-state index is -0.392. The number of anilines is 1. The van der Waals surface area contributed by atoms with E-state index in [1.165, 1.54) is 12.4 Å². The number of piperidine rings is 1. The number of halogens is 1. The van der Waals surface area contributed by atoms with Crippen LogP contribution in [0.3, 0.4) is 0 Å². The molecule has 21 heavy (non-hydrogen) atoms. The average molecular weight is 295 g/mol. The van der Waals surface area contributed by atoms with E-state index in [-0.39, 0.29) is 0 Å². The third-order valence-electron chi connectivity index (χ3n) is 4.95. The summed E-state index contributed by atoms with van der Waals surface area (Å²) in [6, 6.07) is 0. The first kappa shape index (κ1) is 14.7. The minimum absolute atomic E-state index is 0.310. The van der Waals surface area contributed by atoms with Gasteiger partial charge in [0, 0.05) is 32.7 Å². The van der Waals surface area contributed by atoms with Gasteiger partial charge in [-0.1, -0.05) is 0 Å². The van der Waals surface area contributed by atoms with Gasteiger partial charge in [-0.05, 0) is 24.7 Å². The highest BCUT2D eigenvalue weighted by Crippen LogP contribution is 2.45. The molecule has 2 saturated heterocycles. The lowest BCUT2D eigenvalue weighted by Crippen LogP contribution is -2.49. The molecule has 2 aliphatic rings. The fourth-order valence-corrected chi connectivity index (χ4v) is 3.59. The molecule has 2 aliphatic heterocycles. The van der Waals surface area contributed by atoms with E-state index in [1.54, 1.807) is 7.11 Å². The van der Waals surface area contributed by atoms with Crippen molar-refractivity contribution in [2.45, 2.75) is 19.3 Å². The smallest absolute Gasteiger partial charge is 0.225 e. The summed E-state index contributed by atoms with van der Waals surface area (Å²) < 4.78 is 23.9. The number of hydrogen-bond acceptors (Lipinski definition) is 5. The van der Waals surface area contributed by atoms with Crippen LogP contribution in [0.5, 0.6) is 0 Å². The van der Waals surface area contributed by atoms with Crippen LogP contribution in [0.25, 0.3) is 0 Å². The maximum absolute atomic E-state index is 12.9. The molecule has 0 aromatic carbocycles. The molecule has 1 atom stereocenters. The van der Waals surface area contributed by atoms with Gasteiger partial charge in [0.15, 0.2) is 5.82 Å². The Labute approximate surface area is 124 Å². The highest BCUT2D eigenvalue weighted by Gasteiger charge is 2.43. The lowest BCUT2D eigenvalue weighted by Gasteiger charge is -2.48. The van der Waals surface area contributed by atoms with Crippen LogP contribution in [0.1, 0.15) is 19.3 Å². The Morgan fingerprint density at radius 3 is 2.71 bits per heavy atom. The monoisotopic (exact) mass is 295 g/mol. The summed E-state index contributed by atoms with van der Waals surface area (Å²) in [7, 11) is 1.75. The van der Waals surface area contributed by atoms with E-state index in [9.17, 15) is 4.39 Å². The molecule has 0 saturated carbocycles. The highest BCUT2D eigenvalue weighted by molar-refractivity contribution is 5.29. The van der Waals surface area contributed by atoms with Crippen LogP contribution in [-0.4, -0.2) is 50.0 Å². The maximum Gasteiger partial charge on any atom is 0.225 e. The van der Waals surface area contributed by atoms with Crippen molar-refractivity contribution in [3.63, 3.8) is 0 Å². The second kappa shape index (κ2) is 6.23. The van der Waals surface area contributed by atoms with Crippen molar-refractivity contribution in [3.05, 3.63) is 18.2 Å². The van der Waals surface area contributed by atoms with Gasteiger partial charge in [0.25, 0.3) is 0 Å². The van der Waals surface area contributed by atoms with E-state index in [4.69, 9.17) is 9.47 Å². The maximum atomic E-state index is 12.9. The Balaban J connectivity index is 1.67. The van der Waals surface area contributed by atoms with Crippen LogP contribution in [0.2, 0.25) is 0 Å². The molecular formula is C15H22FN3O2. The van der Waals surface area contributed by atoms with Gasteiger partial charge in [-0.2, -0.15) is 0 Å². The first-order valence-electron chi connectivity index (χ1n) is 7.53. The van der Waals surface area contributed by atoms with Gasteiger partial charge >= 0.3 is 0 Å². The van der Waals surface area contributed by atoms with Crippen molar-refractivity contribution in [2.75, 3.05) is 44.9 Å². The van der Waals surface area contributed by atoms with Crippen LogP contribution in [0, 0.1) is 17.2 Å². The Morgan fingerprint density at radius 1 is 1.33 bits per heavy atom. The number of hydrogen-bond donors (Lipinski definition) is 0. The number of methoxy groups -OCH3 is 1. The van der Waals surface area contributed by atoms with Crippen LogP contribution in [0.15, 0.2) is 12.4 Å². The molecule has 1 spiro atoms. The second-order valence-corrected chi connectivity index (χ2v) is 6.03. The van der Waals surface area contributed by atoms with Crippen LogP contribution >= 0.6 is 0 Å². The summed E-state index contributed by atoms with van der Waals surface area (Å²) in [5.74, 6) is 0.700. The molecular weight excluding hydrogens is 273 g/mol. The minimum Gasteiger partial charge on any atom is -0.384 e. The zero-order chi connectivity index (χ0) is 14.7. The largest absolute Gasteiger partial charge is 0.384 e. The van der Waals surface area contributed by atoms with Gasteiger partial charge in [-0.3, -0.25) is 0 Å². The van der Waals surface area contributed by atoms with E-state index in [2.05, 4.69) is 14.9 Å². The van der Waals surface area contributed by atoms with Gasteiger partial charge in [0.05, 0.1) is 25.6 Å². The zero-order valence-corrected chi connectivity index (χ0v) is 12.4. The Hall–Kier alpha value is -1.27. The third kappa shape index (κ3) is 3.01. The topological polar surface area (TPSA) is 47.5 Å². The fourth-order valence-electron chi connectivity index (χ4n) is 3.59. The van der Waals surface area contributed by atoms with Crippen LogP contribution < -0.4 is 4.90 Å². The van der Waals surface area contributed by atoms with Crippen molar-refractivity contribution in [3.8, 4) is 0 Å². The van der Waals surface area contributed by atoms with E-state index < -0.39 is 5.82 Å². The van der Waals surface area contributed by atoms with E-state index in [0.717, 1.165) is 52.2 Å². The van der Waals surface area contributed by atoms with Crippen molar-refractivity contribution in [2.24, 2.45) is 11.3 Å². The normalized spacial score (nSPS) is 25.2. The molecule has 116 valence electrons. The summed E-state index contributed by atoms with van der Waals surface area (Å²) in [5.41, 5.74) is 0.310. The number of ether oxygens (including phenoxy) is 2. The predicted octanol–water partition coefficient (Wildman–Crippen LogP) is 1.89. The molecule has 0 unspecified atom stereocenters. The molecule has 0 radical (unpaired) electrons. The van der Waals surface area contributed by atoms with Crippen LogP contribution in [0.4, 0.5) is 10.3 Å². The molecule has 2 fully saturated rings. The lowest BCUT2D eigenvalue weighted by atomic mass is 9.66. The third-order valence-corrected chi connectivity index (χ3v) is 4.95. The van der Waals surface area contributed by atoms with E-state index >= 15 is 0 Å². The molecule has 5 nitrogen and oxygen atoms in total. The Morgan fingerprint density at radius 2 is 2.05 bits per heavy atom. The van der Waals surface area contributed by atoms with Crippen molar-refractivity contribution < 1.29 is 13.9 Å². The molecule has 0 aliphatic carbocycles. The fraction of sp³-hybridized carbons (Fsp3) is 0.733. The quantitative estimate of drug-likeness (QED) is 0.852. The summed E-state index contributed by atoms with van der Waals surface area (Å²) in [6.45, 7) is 4.21. The van der Waals surface area contributed by atoms with Crippen molar-refractivity contribution in [1.82, 2.24) is 9.97 Å². The van der Waals surface area contributed by atoms with E-state index in [1.807, 2.05) is 0 Å². The average Bonchev–Trinajstić information content (AvgIpc) is 2.52. The molecule has 3 heterocycles. The van der Waals surface area contributed by atoms with Gasteiger partial charge in [-0.25, -0.2) is 14.4 Å². The number of rotatable bonds is 3. The van der Waals surface area contributed by atoms with Gasteiger partial charge in [0.2, 0.25) is 5.95 Å². The molecule has 1 aromatic heterocycles. The highest BCUT2D eigenvalue weighted by atomic mass is 19.1. The van der Waals surface area contributed by atoms with Crippen LogP contribution in [-0.2, 0) is 9.47 Å². The number of aromatic nitrogens is 2. The molecule has 1 aromatic rings. The molecule has 3 rings (SSSR count). The van der Waals surface area contributed by atoms with Crippen molar-refractivity contribution >= 4 is 5.95 Å². The molecule has 0 bridgehead atoms. The summed E-state index contributed by atoms with van der Waals surface area (Å²) >= 11 is 0. The first-order valence-corrected chi connectivity index (χ1v) is 7.53. The summed E-state index contributed by atoms with van der Waals surface area (Å²) in [4.78, 5) is 10.3. The van der Waals surface area contributed by atoms with E-state index in [0.29, 0.717) is 17.3 Å². The standard InChI is InChI=1S/C15H22FN3O2/c1-20-10-12-11-21-7-4-15(12)2-5-19(6-3-15)14-17-8-13(16)9-18-14/h8-9,12H,2-7,10-11H2,1H3/t12-/m0/s1. The summed E-state index contributed by atoms with van der Waals surface area (Å²) in [6.07, 6.45) is 5.74. The zero-order valence-electron chi connectivity index (χ0n) is 12.4. The predicted molar refractivity (Wildman–Crippen MR) is 76.7 cm³/mol. The Kier molecular flexibility index (Phi) is 4.35. The number of nitrogens with zero attached hydrogens (tertiary/aromatic N) is 3. The molecule has 0 N–H and O–H groups in total. The van der Waals surface area contributed by atoms with Crippen molar-refractivity contribution in [1.29, 1.82) is 0 Å². The SMILES string of the molecule is COC[C@H]1COCCC12CCN(c1ncc(F)cn1)CC2. The second-order valence-electron chi connectivity index (χ2n) is 6.03. The first-order chi connectivity index (χ1) is 10.2. The lowest BCUT2D eigenvalue weighted by molar-refractivity contribution is -0.0799. The van der Waals surface area contributed by atoms with Gasteiger partial charge in [0.1, 0.15) is 0 Å². The molecule has 6 heteroatoms. The summed E-state index contributed by atoms with van der Waals surface area (Å²) in [5, 5.41) is 0. The molecule has 0 amide bonds. The van der Waals surface area contributed by atoms with Gasteiger partial charge < -0.3 is 14.4 Å².